The summed E-state index contributed by atoms with van der Waals surface area (Å²) in [7, 11) is 0. The van der Waals surface area contributed by atoms with E-state index in [1.165, 1.54) is 0 Å². The maximum atomic E-state index is 12.3. The molecule has 0 bridgehead atoms. The van der Waals surface area contributed by atoms with E-state index in [1.807, 2.05) is 0 Å². The van der Waals surface area contributed by atoms with E-state index in [0.29, 0.717) is 23.2 Å². The van der Waals surface area contributed by atoms with E-state index in [4.69, 9.17) is 10.8 Å². The molecule has 0 aliphatic carbocycles. The molecule has 1 amide bonds. The molecule has 2 rings (SSSR count). The first-order chi connectivity index (χ1) is 11.4. The number of aryl methyl sites for hydroxylation is 1. The molecule has 2 aromatic rings. The summed E-state index contributed by atoms with van der Waals surface area (Å²) < 4.78 is 0. The predicted octanol–water partition coefficient (Wildman–Crippen LogP) is 1.58. The van der Waals surface area contributed by atoms with Crippen LogP contribution >= 0.6 is 0 Å². The van der Waals surface area contributed by atoms with E-state index in [9.17, 15) is 14.4 Å². The van der Waals surface area contributed by atoms with E-state index >= 15 is 0 Å². The molecule has 1 atom stereocenters. The highest BCUT2D eigenvalue weighted by Crippen LogP contribution is 2.21. The summed E-state index contributed by atoms with van der Waals surface area (Å²) in [6.45, 7) is 2.07. The van der Waals surface area contributed by atoms with Gasteiger partial charge in [0.1, 0.15) is 6.04 Å². The molecule has 0 radical (unpaired) electrons. The van der Waals surface area contributed by atoms with Gasteiger partial charge in [-0.1, -0.05) is 36.4 Å². The van der Waals surface area contributed by atoms with Crippen LogP contribution in [0.15, 0.2) is 48.5 Å². The molecule has 24 heavy (non-hydrogen) atoms. The van der Waals surface area contributed by atoms with Crippen molar-refractivity contribution in [2.24, 2.45) is 5.73 Å². The number of carbonyl (C=O) groups excluding carboxylic acids is 2. The van der Waals surface area contributed by atoms with Gasteiger partial charge in [0.2, 0.25) is 0 Å². The average molecular weight is 326 g/mol. The van der Waals surface area contributed by atoms with Crippen LogP contribution in [0.5, 0.6) is 0 Å². The molecule has 0 heterocycles. The van der Waals surface area contributed by atoms with Crippen molar-refractivity contribution in [3.05, 3.63) is 70.8 Å². The number of Topliss-reactive ketones (excluding diaryl/α,β-unsaturated/α-hetero) is 1. The van der Waals surface area contributed by atoms with Gasteiger partial charge in [0, 0.05) is 12.1 Å². The third-order valence-electron chi connectivity index (χ3n) is 3.67. The van der Waals surface area contributed by atoms with Crippen molar-refractivity contribution in [1.82, 2.24) is 5.32 Å². The molecule has 6 nitrogen and oxygen atoms in total. The third-order valence-corrected chi connectivity index (χ3v) is 3.67. The molecule has 0 spiro atoms. The maximum Gasteiger partial charge on any atom is 0.374 e. The van der Waals surface area contributed by atoms with Crippen molar-refractivity contribution < 1.29 is 19.5 Å². The predicted molar refractivity (Wildman–Crippen MR) is 88.4 cm³/mol. The molecule has 0 fully saturated rings. The number of hydrogen-bond donors (Lipinski definition) is 3. The molecule has 2 aromatic carbocycles. The SMILES string of the molecule is Cc1cc(CN)ccc1C(NC(=O)c1ccccc1)C(=O)C(=O)O. The Morgan fingerprint density at radius 2 is 1.79 bits per heavy atom. The number of nitrogens with one attached hydrogen (secondary N) is 1. The first kappa shape index (κ1) is 17.4. The summed E-state index contributed by atoms with van der Waals surface area (Å²) >= 11 is 0. The van der Waals surface area contributed by atoms with Gasteiger partial charge >= 0.3 is 5.97 Å². The van der Waals surface area contributed by atoms with E-state index in [0.717, 1.165) is 5.56 Å². The second-order valence-electron chi connectivity index (χ2n) is 5.34. The van der Waals surface area contributed by atoms with Crippen molar-refractivity contribution in [3.63, 3.8) is 0 Å². The Morgan fingerprint density at radius 3 is 2.33 bits per heavy atom. The Hall–Kier alpha value is -2.99. The number of carboxylic acids is 1. The summed E-state index contributed by atoms with van der Waals surface area (Å²) in [5, 5.41) is 11.6. The van der Waals surface area contributed by atoms with E-state index in [1.54, 1.807) is 55.5 Å². The lowest BCUT2D eigenvalue weighted by Gasteiger charge is -2.19. The monoisotopic (exact) mass is 326 g/mol. The number of nitrogens with two attached hydrogens (primary N) is 1. The molecular weight excluding hydrogens is 308 g/mol. The van der Waals surface area contributed by atoms with Crippen molar-refractivity contribution in [2.45, 2.75) is 19.5 Å². The molecule has 4 N–H and O–H groups in total. The zero-order valence-corrected chi connectivity index (χ0v) is 13.2. The van der Waals surface area contributed by atoms with Gasteiger partial charge < -0.3 is 16.2 Å². The zero-order chi connectivity index (χ0) is 17.7. The van der Waals surface area contributed by atoms with E-state index in [2.05, 4.69) is 5.32 Å². The van der Waals surface area contributed by atoms with Crippen LogP contribution in [-0.2, 0) is 16.1 Å². The second kappa shape index (κ2) is 7.52. The van der Waals surface area contributed by atoms with Crippen molar-refractivity contribution in [1.29, 1.82) is 0 Å². The quantitative estimate of drug-likeness (QED) is 0.698. The van der Waals surface area contributed by atoms with E-state index < -0.39 is 23.7 Å². The largest absolute Gasteiger partial charge is 0.475 e. The summed E-state index contributed by atoms with van der Waals surface area (Å²) in [6.07, 6.45) is 0. The number of carbonyl (C=O) groups is 3. The number of aliphatic carboxylic acids is 1. The highest BCUT2D eigenvalue weighted by molar-refractivity contribution is 6.35. The molecular formula is C18H18N2O4. The number of amides is 1. The fourth-order valence-corrected chi connectivity index (χ4v) is 2.40. The molecule has 6 heteroatoms. The minimum absolute atomic E-state index is 0.328. The number of hydrogen-bond acceptors (Lipinski definition) is 4. The van der Waals surface area contributed by atoms with Gasteiger partial charge in [0.15, 0.2) is 0 Å². The Bertz CT molecular complexity index is 772. The minimum Gasteiger partial charge on any atom is -0.475 e. The Kier molecular flexibility index (Phi) is 5.44. The van der Waals surface area contributed by atoms with Gasteiger partial charge in [-0.15, -0.1) is 0 Å². The highest BCUT2D eigenvalue weighted by atomic mass is 16.4. The van der Waals surface area contributed by atoms with Gasteiger partial charge in [-0.2, -0.15) is 0 Å². The van der Waals surface area contributed by atoms with Gasteiger partial charge in [-0.3, -0.25) is 9.59 Å². The second-order valence-corrected chi connectivity index (χ2v) is 5.34. The van der Waals surface area contributed by atoms with Crippen LogP contribution in [-0.4, -0.2) is 22.8 Å². The topological polar surface area (TPSA) is 109 Å². The number of carboxylic acid groups (broad SMARTS) is 1. The Labute approximate surface area is 139 Å². The van der Waals surface area contributed by atoms with Gasteiger partial charge in [-0.05, 0) is 35.7 Å². The number of ketones is 1. The van der Waals surface area contributed by atoms with Crippen molar-refractivity contribution >= 4 is 17.7 Å². The fraction of sp³-hybridized carbons (Fsp3) is 0.167. The molecule has 0 saturated heterocycles. The van der Waals surface area contributed by atoms with Crippen LogP contribution in [0.2, 0.25) is 0 Å². The summed E-state index contributed by atoms with van der Waals surface area (Å²) in [4.78, 5) is 35.5. The summed E-state index contributed by atoms with van der Waals surface area (Å²) in [6, 6.07) is 12.1. The molecule has 0 aliphatic rings. The fourth-order valence-electron chi connectivity index (χ4n) is 2.40. The van der Waals surface area contributed by atoms with Crippen LogP contribution in [0, 0.1) is 6.92 Å². The van der Waals surface area contributed by atoms with Crippen molar-refractivity contribution in [3.8, 4) is 0 Å². The first-order valence-electron chi connectivity index (χ1n) is 7.36. The van der Waals surface area contributed by atoms with Gasteiger partial charge in [0.25, 0.3) is 11.7 Å². The van der Waals surface area contributed by atoms with E-state index in [-0.39, 0.29) is 0 Å². The maximum absolute atomic E-state index is 12.3. The smallest absolute Gasteiger partial charge is 0.374 e. The third kappa shape index (κ3) is 3.85. The van der Waals surface area contributed by atoms with Gasteiger partial charge in [0.05, 0.1) is 0 Å². The molecule has 0 saturated carbocycles. The molecule has 0 aromatic heterocycles. The first-order valence-corrected chi connectivity index (χ1v) is 7.36. The zero-order valence-electron chi connectivity index (χ0n) is 13.2. The lowest BCUT2D eigenvalue weighted by molar-refractivity contribution is -0.150. The Morgan fingerprint density at radius 1 is 1.12 bits per heavy atom. The van der Waals surface area contributed by atoms with Gasteiger partial charge in [-0.25, -0.2) is 4.79 Å². The lowest BCUT2D eigenvalue weighted by atomic mass is 9.95. The summed E-state index contributed by atoms with van der Waals surface area (Å²) in [5.74, 6) is -3.21. The average Bonchev–Trinajstić information content (AvgIpc) is 2.59. The number of rotatable bonds is 6. The normalized spacial score (nSPS) is 11.6. The summed E-state index contributed by atoms with van der Waals surface area (Å²) in [5.41, 5.74) is 7.90. The lowest BCUT2D eigenvalue weighted by Crippen LogP contribution is -2.37. The van der Waals surface area contributed by atoms with Crippen LogP contribution in [0.25, 0.3) is 0 Å². The van der Waals surface area contributed by atoms with Crippen LogP contribution < -0.4 is 11.1 Å². The highest BCUT2D eigenvalue weighted by Gasteiger charge is 2.29. The Balaban J connectivity index is 2.37. The van der Waals surface area contributed by atoms with Crippen LogP contribution in [0.1, 0.15) is 33.1 Å². The van der Waals surface area contributed by atoms with Crippen LogP contribution in [0.4, 0.5) is 0 Å². The van der Waals surface area contributed by atoms with Crippen LogP contribution in [0.3, 0.4) is 0 Å². The number of benzene rings is 2. The molecule has 0 aliphatic heterocycles. The molecule has 1 unspecified atom stereocenters. The standard InChI is InChI=1S/C18H18N2O4/c1-11-9-12(10-19)7-8-14(11)15(16(21)18(23)24)20-17(22)13-5-3-2-4-6-13/h2-9,15H,10,19H2,1H3,(H,20,22)(H,23,24). The minimum atomic E-state index is -1.60. The molecule has 124 valence electrons. The van der Waals surface area contributed by atoms with Crippen molar-refractivity contribution in [2.75, 3.05) is 0 Å².